The van der Waals surface area contributed by atoms with Crippen molar-refractivity contribution in [3.8, 4) is 0 Å². The third-order valence-electron chi connectivity index (χ3n) is 6.21. The quantitative estimate of drug-likeness (QED) is 0.160. The van der Waals surface area contributed by atoms with E-state index in [2.05, 4.69) is 6.58 Å². The Hall–Kier alpha value is -2.84. The number of nitrogens with one attached hydrogen (secondary N) is 1. The van der Waals surface area contributed by atoms with Crippen molar-refractivity contribution >= 4 is 11.9 Å². The summed E-state index contributed by atoms with van der Waals surface area (Å²) in [7, 11) is 3.00. The Morgan fingerprint density at radius 2 is 1.97 bits per heavy atom. The summed E-state index contributed by atoms with van der Waals surface area (Å²) in [5.41, 5.74) is 0.825. The highest BCUT2D eigenvalue weighted by Gasteiger charge is 2.47. The van der Waals surface area contributed by atoms with Crippen LogP contribution in [0.15, 0.2) is 60.1 Å². The normalized spacial score (nSPS) is 36.8. The molecule has 0 aromatic heterocycles. The standard InChI is InChI=1S/C24H31NO11/c1-4-14-15(6-5-12-7-13(21(30)31)9-25(2)8-12)16(22(32)33-3)11-34-23(14)36-24-20(29)19(28)18(27)17(10-26)35-24/h4-8,11,14-15,17-20,23-24,26-29H,1,9-10H2,2-3H3,(H,30,31)/b6-5+/t14-,15+,17-,18-,19+,20-,23+,24+/m1/s1. The van der Waals surface area contributed by atoms with Crippen LogP contribution in [-0.2, 0) is 28.5 Å². The van der Waals surface area contributed by atoms with Crippen molar-refractivity contribution in [1.29, 1.82) is 0 Å². The Labute approximate surface area is 207 Å². The van der Waals surface area contributed by atoms with E-state index < -0.39 is 67.4 Å². The van der Waals surface area contributed by atoms with Crippen LogP contribution in [0.1, 0.15) is 0 Å². The molecule has 198 valence electrons. The third kappa shape index (κ3) is 5.93. The van der Waals surface area contributed by atoms with E-state index >= 15 is 0 Å². The van der Waals surface area contributed by atoms with Crippen LogP contribution in [0.25, 0.3) is 0 Å². The lowest BCUT2D eigenvalue weighted by atomic mass is 9.83. The van der Waals surface area contributed by atoms with Gasteiger partial charge >= 0.3 is 5.97 Å². The number of carbonyl (C=O) groups is 2. The highest BCUT2D eigenvalue weighted by atomic mass is 16.8. The molecular formula is C24H31NO11. The number of rotatable bonds is 8. The summed E-state index contributed by atoms with van der Waals surface area (Å²) in [5.74, 6) is -3.38. The number of hydrogen-bond donors (Lipinski definition) is 5. The zero-order chi connectivity index (χ0) is 26.6. The lowest BCUT2D eigenvalue weighted by molar-refractivity contribution is -0.820. The van der Waals surface area contributed by atoms with E-state index in [1.54, 1.807) is 25.4 Å². The number of likely N-dealkylation sites (N-methyl/N-ethyl adjacent to an activating group) is 1. The molecule has 3 aliphatic heterocycles. The van der Waals surface area contributed by atoms with Crippen molar-refractivity contribution in [1.82, 2.24) is 0 Å². The number of ether oxygens (including phenoxy) is 4. The lowest BCUT2D eigenvalue weighted by Gasteiger charge is -2.42. The van der Waals surface area contributed by atoms with Gasteiger partial charge in [0.05, 0.1) is 44.5 Å². The van der Waals surface area contributed by atoms with Gasteiger partial charge < -0.3 is 54.2 Å². The minimum Gasteiger partial charge on any atom is -0.545 e. The molecule has 0 amide bonds. The van der Waals surface area contributed by atoms with Gasteiger partial charge in [-0.2, -0.15) is 0 Å². The molecule has 0 aromatic rings. The number of carbonyl (C=O) groups excluding carboxylic acids is 2. The van der Waals surface area contributed by atoms with Crippen molar-refractivity contribution in [2.75, 3.05) is 27.3 Å². The first-order chi connectivity index (χ1) is 17.1. The first-order valence-electron chi connectivity index (χ1n) is 11.3. The summed E-state index contributed by atoms with van der Waals surface area (Å²) in [5, 5.41) is 51.1. The SMILES string of the molecule is C=C[C@H]1[C@H](O[C@@H]2O[C@H](CO)[C@@H](O)[C@H](O)[C@H]2O)OC=C(C(=O)OC)[C@H]1/C=C/C1=C[NH+](C)CC(C(=O)[O-])=C1. The molecule has 12 heteroatoms. The number of carboxylic acid groups (broad SMARTS) is 1. The summed E-state index contributed by atoms with van der Waals surface area (Å²) in [6.07, 6.45) is 0.498. The lowest BCUT2D eigenvalue weighted by Crippen LogP contribution is -3.05. The van der Waals surface area contributed by atoms with Crippen LogP contribution in [0.3, 0.4) is 0 Å². The fraction of sp³-hybridized carbons (Fsp3) is 0.500. The number of carboxylic acids is 1. The largest absolute Gasteiger partial charge is 0.545 e. The smallest absolute Gasteiger partial charge is 0.337 e. The van der Waals surface area contributed by atoms with Gasteiger partial charge in [0.1, 0.15) is 37.2 Å². The Kier molecular flexibility index (Phi) is 9.19. The maximum atomic E-state index is 12.4. The molecule has 0 bridgehead atoms. The van der Waals surface area contributed by atoms with Gasteiger partial charge in [-0.25, -0.2) is 4.79 Å². The van der Waals surface area contributed by atoms with Gasteiger partial charge in [-0.3, -0.25) is 0 Å². The van der Waals surface area contributed by atoms with Gasteiger partial charge in [-0.15, -0.1) is 6.58 Å². The summed E-state index contributed by atoms with van der Waals surface area (Å²) >= 11 is 0. The molecule has 0 radical (unpaired) electrons. The van der Waals surface area contributed by atoms with Crippen LogP contribution in [0.5, 0.6) is 0 Å². The van der Waals surface area contributed by atoms with Crippen LogP contribution in [0, 0.1) is 11.8 Å². The second kappa shape index (κ2) is 11.9. The molecule has 1 saturated heterocycles. The van der Waals surface area contributed by atoms with Crippen molar-refractivity contribution in [3.05, 3.63) is 60.1 Å². The molecule has 1 fully saturated rings. The number of esters is 1. The van der Waals surface area contributed by atoms with Gasteiger partial charge in [0.15, 0.2) is 6.29 Å². The number of allylic oxidation sites excluding steroid dienone is 4. The molecule has 3 aliphatic rings. The number of quaternary nitrogens is 1. The average molecular weight is 510 g/mol. The topological polar surface area (TPSA) is 179 Å². The summed E-state index contributed by atoms with van der Waals surface area (Å²) in [6, 6.07) is 0. The predicted octanol–water partition coefficient (Wildman–Crippen LogP) is -3.72. The fourth-order valence-electron chi connectivity index (χ4n) is 4.28. The Morgan fingerprint density at radius 3 is 2.58 bits per heavy atom. The van der Waals surface area contributed by atoms with E-state index in [-0.39, 0.29) is 17.7 Å². The molecule has 5 N–H and O–H groups in total. The second-order valence-corrected chi connectivity index (χ2v) is 8.73. The first kappa shape index (κ1) is 27.7. The number of aliphatic hydroxyl groups is 4. The van der Waals surface area contributed by atoms with E-state index in [0.29, 0.717) is 5.57 Å². The van der Waals surface area contributed by atoms with Crippen molar-refractivity contribution in [2.45, 2.75) is 37.0 Å². The Balaban J connectivity index is 1.88. The minimum atomic E-state index is -1.66. The van der Waals surface area contributed by atoms with Crippen molar-refractivity contribution in [2.24, 2.45) is 11.8 Å². The fourth-order valence-corrected chi connectivity index (χ4v) is 4.28. The van der Waals surface area contributed by atoms with Gasteiger partial charge in [0.25, 0.3) is 0 Å². The Bertz CT molecular complexity index is 969. The van der Waals surface area contributed by atoms with Gasteiger partial charge in [0, 0.05) is 17.1 Å². The van der Waals surface area contributed by atoms with E-state index in [1.807, 2.05) is 0 Å². The highest BCUT2D eigenvalue weighted by molar-refractivity contribution is 5.89. The third-order valence-corrected chi connectivity index (χ3v) is 6.21. The molecule has 0 aromatic carbocycles. The van der Waals surface area contributed by atoms with Crippen molar-refractivity contribution < 1.29 is 59.0 Å². The van der Waals surface area contributed by atoms with E-state index in [9.17, 15) is 35.1 Å². The van der Waals surface area contributed by atoms with Crippen LogP contribution in [-0.4, -0.2) is 96.7 Å². The number of hydrogen-bond acceptors (Lipinski definition) is 11. The van der Waals surface area contributed by atoms with Gasteiger partial charge in [-0.05, 0) is 6.08 Å². The molecule has 3 heterocycles. The van der Waals surface area contributed by atoms with Gasteiger partial charge in [0.2, 0.25) is 6.29 Å². The monoisotopic (exact) mass is 509 g/mol. The molecule has 0 saturated carbocycles. The zero-order valence-electron chi connectivity index (χ0n) is 19.9. The number of aliphatic hydroxyl groups excluding tert-OH is 4. The van der Waals surface area contributed by atoms with E-state index in [4.69, 9.17) is 18.9 Å². The maximum Gasteiger partial charge on any atom is 0.337 e. The zero-order valence-corrected chi connectivity index (χ0v) is 19.9. The maximum absolute atomic E-state index is 12.4. The molecule has 1 unspecified atom stereocenters. The highest BCUT2D eigenvalue weighted by Crippen LogP contribution is 2.36. The van der Waals surface area contributed by atoms with Crippen LogP contribution >= 0.6 is 0 Å². The van der Waals surface area contributed by atoms with E-state index in [1.165, 1.54) is 19.3 Å². The van der Waals surface area contributed by atoms with Crippen molar-refractivity contribution in [3.63, 3.8) is 0 Å². The van der Waals surface area contributed by atoms with E-state index in [0.717, 1.165) is 11.2 Å². The summed E-state index contributed by atoms with van der Waals surface area (Å²) < 4.78 is 21.6. The van der Waals surface area contributed by atoms with Crippen LogP contribution in [0.4, 0.5) is 0 Å². The molecule has 0 aliphatic carbocycles. The van der Waals surface area contributed by atoms with Crippen LogP contribution < -0.4 is 10.0 Å². The molecular weight excluding hydrogens is 478 g/mol. The molecule has 36 heavy (non-hydrogen) atoms. The first-order valence-corrected chi connectivity index (χ1v) is 11.3. The summed E-state index contributed by atoms with van der Waals surface area (Å²) in [6.45, 7) is 3.42. The average Bonchev–Trinajstić information content (AvgIpc) is 2.86. The molecule has 12 nitrogen and oxygen atoms in total. The summed E-state index contributed by atoms with van der Waals surface area (Å²) in [4.78, 5) is 24.6. The number of methoxy groups -OCH3 is 1. The molecule has 3 rings (SSSR count). The second-order valence-electron chi connectivity index (χ2n) is 8.73. The van der Waals surface area contributed by atoms with Gasteiger partial charge in [-0.1, -0.05) is 18.2 Å². The molecule has 0 spiro atoms. The number of aliphatic carboxylic acids is 1. The van der Waals surface area contributed by atoms with Crippen LogP contribution in [0.2, 0.25) is 0 Å². The minimum absolute atomic E-state index is 0.120. The predicted molar refractivity (Wildman–Crippen MR) is 119 cm³/mol. The Morgan fingerprint density at radius 1 is 1.25 bits per heavy atom. The molecule has 9 atom stereocenters.